The van der Waals surface area contributed by atoms with Crippen LogP contribution in [-0.4, -0.2) is 29.0 Å². The second kappa shape index (κ2) is 6.80. The molecule has 0 saturated carbocycles. The molecule has 4 rings (SSSR count). The summed E-state index contributed by atoms with van der Waals surface area (Å²) in [5, 5.41) is 3.95. The highest BCUT2D eigenvalue weighted by Gasteiger charge is 2.17. The molecular weight excluding hydrogens is 380 g/mol. The number of benzene rings is 2. The van der Waals surface area contributed by atoms with E-state index in [-0.39, 0.29) is 5.91 Å². The zero-order chi connectivity index (χ0) is 17.2. The first-order valence-electron chi connectivity index (χ1n) is 8.28. The summed E-state index contributed by atoms with van der Waals surface area (Å²) in [7, 11) is 0. The van der Waals surface area contributed by atoms with Crippen LogP contribution in [0.2, 0.25) is 0 Å². The molecule has 2 aromatic carbocycles. The maximum atomic E-state index is 12.5. The summed E-state index contributed by atoms with van der Waals surface area (Å²) in [6, 6.07) is 13.1. The van der Waals surface area contributed by atoms with Crippen LogP contribution in [0.1, 0.15) is 23.2 Å². The highest BCUT2D eigenvalue weighted by Crippen LogP contribution is 2.28. The fourth-order valence-electron chi connectivity index (χ4n) is 3.15. The summed E-state index contributed by atoms with van der Waals surface area (Å²) in [6.07, 6.45) is 3.99. The smallest absolute Gasteiger partial charge is 0.256 e. The number of hydrogen-bond donors (Lipinski definition) is 1. The molecule has 1 amide bonds. The molecule has 25 heavy (non-hydrogen) atoms. The Labute approximate surface area is 154 Å². The van der Waals surface area contributed by atoms with E-state index in [0.29, 0.717) is 5.56 Å². The number of halogens is 1. The summed E-state index contributed by atoms with van der Waals surface area (Å²) < 4.78 is 0.770. The number of fused-ring (bicyclic) bond motifs is 1. The number of carbonyl (C=O) groups excluding carboxylic acids is 1. The van der Waals surface area contributed by atoms with E-state index in [1.807, 2.05) is 36.4 Å². The molecule has 1 aromatic heterocycles. The molecule has 0 bridgehead atoms. The Hall–Kier alpha value is -2.47. The van der Waals surface area contributed by atoms with Crippen LogP contribution < -0.4 is 10.2 Å². The van der Waals surface area contributed by atoms with Crippen LogP contribution in [-0.2, 0) is 0 Å². The molecule has 1 N–H and O–H groups in total. The van der Waals surface area contributed by atoms with Gasteiger partial charge in [-0.05, 0) is 59.1 Å². The summed E-state index contributed by atoms with van der Waals surface area (Å²) >= 11 is 3.41. The van der Waals surface area contributed by atoms with Crippen LogP contribution in [0.5, 0.6) is 0 Å². The highest BCUT2D eigenvalue weighted by molar-refractivity contribution is 9.10. The van der Waals surface area contributed by atoms with Crippen LogP contribution in [0.15, 0.2) is 53.3 Å². The number of hydrogen-bond acceptors (Lipinski definition) is 4. The summed E-state index contributed by atoms with van der Waals surface area (Å²) in [6.45, 7) is 2.07. The predicted molar refractivity (Wildman–Crippen MR) is 103 cm³/mol. The van der Waals surface area contributed by atoms with Crippen LogP contribution >= 0.6 is 15.9 Å². The van der Waals surface area contributed by atoms with Crippen LogP contribution in [0.4, 0.5) is 11.5 Å². The van der Waals surface area contributed by atoms with E-state index in [4.69, 9.17) is 0 Å². The Morgan fingerprint density at radius 1 is 1.08 bits per heavy atom. The number of rotatable bonds is 3. The van der Waals surface area contributed by atoms with E-state index >= 15 is 0 Å². The Kier molecular flexibility index (Phi) is 4.36. The lowest BCUT2D eigenvalue weighted by atomic mass is 10.1. The normalized spacial score (nSPS) is 14.0. The third kappa shape index (κ3) is 3.22. The van der Waals surface area contributed by atoms with Gasteiger partial charge >= 0.3 is 0 Å². The second-order valence-electron chi connectivity index (χ2n) is 6.06. The molecule has 126 valence electrons. The summed E-state index contributed by atoms with van der Waals surface area (Å²) in [4.78, 5) is 23.6. The quantitative estimate of drug-likeness (QED) is 0.718. The van der Waals surface area contributed by atoms with Gasteiger partial charge in [0.1, 0.15) is 12.1 Å². The Morgan fingerprint density at radius 2 is 1.88 bits per heavy atom. The first-order valence-corrected chi connectivity index (χ1v) is 9.07. The molecule has 1 aliphatic rings. The van der Waals surface area contributed by atoms with Gasteiger partial charge in [-0.25, -0.2) is 9.97 Å². The number of carbonyl (C=O) groups is 1. The first-order chi connectivity index (χ1) is 12.2. The lowest BCUT2D eigenvalue weighted by Gasteiger charge is -2.18. The van der Waals surface area contributed by atoms with Gasteiger partial charge in [-0.2, -0.15) is 0 Å². The predicted octanol–water partition coefficient (Wildman–Crippen LogP) is 4.24. The summed E-state index contributed by atoms with van der Waals surface area (Å²) in [5.41, 5.74) is 2.16. The minimum absolute atomic E-state index is 0.152. The molecule has 0 spiro atoms. The average Bonchev–Trinajstić information content (AvgIpc) is 3.16. The standard InChI is InChI=1S/C19H17BrN4O/c20-16-6-2-1-5-14(16)19(25)23-13-7-8-15-17(11-13)21-12-22-18(15)24-9-3-4-10-24/h1-2,5-8,11-12H,3-4,9-10H2,(H,23,25). The zero-order valence-electron chi connectivity index (χ0n) is 13.6. The number of aromatic nitrogens is 2. The minimum Gasteiger partial charge on any atom is -0.356 e. The number of nitrogens with one attached hydrogen (secondary N) is 1. The largest absolute Gasteiger partial charge is 0.356 e. The minimum atomic E-state index is -0.152. The molecule has 5 nitrogen and oxygen atoms in total. The van der Waals surface area contributed by atoms with Gasteiger partial charge in [0, 0.05) is 28.6 Å². The van der Waals surface area contributed by atoms with E-state index in [1.54, 1.807) is 12.4 Å². The molecule has 1 fully saturated rings. The van der Waals surface area contributed by atoms with E-state index < -0.39 is 0 Å². The van der Waals surface area contributed by atoms with Gasteiger partial charge in [0.25, 0.3) is 5.91 Å². The number of nitrogens with zero attached hydrogens (tertiary/aromatic N) is 3. The van der Waals surface area contributed by atoms with Crippen molar-refractivity contribution in [3.8, 4) is 0 Å². The fourth-order valence-corrected chi connectivity index (χ4v) is 3.61. The van der Waals surface area contributed by atoms with Crippen molar-refractivity contribution in [2.75, 3.05) is 23.3 Å². The second-order valence-corrected chi connectivity index (χ2v) is 6.91. The monoisotopic (exact) mass is 396 g/mol. The van der Waals surface area contributed by atoms with Crippen molar-refractivity contribution >= 4 is 44.2 Å². The summed E-state index contributed by atoms with van der Waals surface area (Å²) in [5.74, 6) is 0.826. The van der Waals surface area contributed by atoms with Gasteiger partial charge in [0.05, 0.1) is 11.1 Å². The van der Waals surface area contributed by atoms with Gasteiger partial charge in [-0.3, -0.25) is 4.79 Å². The van der Waals surface area contributed by atoms with Crippen molar-refractivity contribution in [1.82, 2.24) is 9.97 Å². The maximum Gasteiger partial charge on any atom is 0.256 e. The molecule has 0 aliphatic carbocycles. The van der Waals surface area contributed by atoms with Crippen molar-refractivity contribution in [1.29, 1.82) is 0 Å². The zero-order valence-corrected chi connectivity index (χ0v) is 15.2. The van der Waals surface area contributed by atoms with Crippen molar-refractivity contribution in [2.45, 2.75) is 12.8 Å². The Balaban J connectivity index is 1.63. The molecule has 1 saturated heterocycles. The fraction of sp³-hybridized carbons (Fsp3) is 0.211. The third-order valence-corrected chi connectivity index (χ3v) is 5.09. The van der Waals surface area contributed by atoms with Crippen LogP contribution in [0, 0.1) is 0 Å². The Bertz CT molecular complexity index is 938. The molecule has 6 heteroatoms. The van der Waals surface area contributed by atoms with Crippen molar-refractivity contribution in [2.24, 2.45) is 0 Å². The van der Waals surface area contributed by atoms with Crippen molar-refractivity contribution in [3.63, 3.8) is 0 Å². The van der Waals surface area contributed by atoms with E-state index in [0.717, 1.165) is 40.0 Å². The number of amides is 1. The van der Waals surface area contributed by atoms with E-state index in [2.05, 4.69) is 36.1 Å². The first kappa shape index (κ1) is 16.0. The van der Waals surface area contributed by atoms with Gasteiger partial charge in [-0.15, -0.1) is 0 Å². The molecule has 0 radical (unpaired) electrons. The van der Waals surface area contributed by atoms with Crippen LogP contribution in [0.3, 0.4) is 0 Å². The number of anilines is 2. The molecule has 2 heterocycles. The van der Waals surface area contributed by atoms with Gasteiger partial charge in [-0.1, -0.05) is 12.1 Å². The molecule has 1 aliphatic heterocycles. The molecule has 3 aromatic rings. The lowest BCUT2D eigenvalue weighted by molar-refractivity contribution is 0.102. The van der Waals surface area contributed by atoms with Crippen molar-refractivity contribution < 1.29 is 4.79 Å². The Morgan fingerprint density at radius 3 is 2.68 bits per heavy atom. The molecule has 0 atom stereocenters. The average molecular weight is 397 g/mol. The molecule has 0 unspecified atom stereocenters. The molecular formula is C19H17BrN4O. The van der Waals surface area contributed by atoms with Gasteiger partial charge in [0.2, 0.25) is 0 Å². The van der Waals surface area contributed by atoms with E-state index in [1.165, 1.54) is 12.8 Å². The third-order valence-electron chi connectivity index (χ3n) is 4.40. The highest BCUT2D eigenvalue weighted by atomic mass is 79.9. The topological polar surface area (TPSA) is 58.1 Å². The van der Waals surface area contributed by atoms with Crippen molar-refractivity contribution in [3.05, 3.63) is 58.8 Å². The SMILES string of the molecule is O=C(Nc1ccc2c(N3CCCC3)ncnc2c1)c1ccccc1Br. The van der Waals surface area contributed by atoms with Gasteiger partial charge in [0.15, 0.2) is 0 Å². The van der Waals surface area contributed by atoms with Crippen LogP contribution in [0.25, 0.3) is 10.9 Å². The maximum absolute atomic E-state index is 12.5. The lowest BCUT2D eigenvalue weighted by Crippen LogP contribution is -2.19. The van der Waals surface area contributed by atoms with Gasteiger partial charge < -0.3 is 10.2 Å². The van der Waals surface area contributed by atoms with E-state index in [9.17, 15) is 4.79 Å².